The molecule has 0 amide bonds. The number of rotatable bonds is 4. The molecule has 1 aromatic heterocycles. The molecule has 23 heavy (non-hydrogen) atoms. The number of aromatic nitrogens is 1. The Morgan fingerprint density at radius 2 is 1.83 bits per heavy atom. The van der Waals surface area contributed by atoms with E-state index in [-0.39, 0.29) is 10.6 Å². The molecule has 0 saturated heterocycles. The van der Waals surface area contributed by atoms with Gasteiger partial charge in [-0.2, -0.15) is 12.8 Å². The Labute approximate surface area is 134 Å². The zero-order valence-corrected chi connectivity index (χ0v) is 13.2. The van der Waals surface area contributed by atoms with Crippen molar-refractivity contribution < 1.29 is 13.2 Å². The molecule has 7 heteroatoms. The van der Waals surface area contributed by atoms with Gasteiger partial charge in [0.25, 0.3) is 10.0 Å². The molecule has 0 radical (unpaired) electrons. The first kappa shape index (κ1) is 15.3. The summed E-state index contributed by atoms with van der Waals surface area (Å²) in [5.41, 5.74) is 0.735. The first-order chi connectivity index (χ1) is 11.0. The van der Waals surface area contributed by atoms with E-state index in [1.54, 1.807) is 42.6 Å². The molecule has 0 aliphatic heterocycles. The van der Waals surface area contributed by atoms with E-state index in [9.17, 15) is 8.42 Å². The number of pyridine rings is 1. The highest BCUT2D eigenvalue weighted by atomic mass is 32.2. The highest BCUT2D eigenvalue weighted by molar-refractivity contribution is 7.92. The second kappa shape index (κ2) is 5.86. The summed E-state index contributed by atoms with van der Waals surface area (Å²) < 4.78 is 31.4. The molecule has 0 aliphatic carbocycles. The Kier molecular flexibility index (Phi) is 3.89. The van der Waals surface area contributed by atoms with Gasteiger partial charge in [-0.25, -0.2) is 5.84 Å². The van der Waals surface area contributed by atoms with Gasteiger partial charge in [0, 0.05) is 17.6 Å². The summed E-state index contributed by atoms with van der Waals surface area (Å²) in [6.45, 7) is 0. The van der Waals surface area contributed by atoms with Crippen LogP contribution in [0.2, 0.25) is 0 Å². The number of nitrogens with two attached hydrogens (primary N) is 1. The predicted octanol–water partition coefficient (Wildman–Crippen LogP) is 2.31. The largest absolute Gasteiger partial charge is 0.497 e. The summed E-state index contributed by atoms with van der Waals surface area (Å²) in [5.74, 6) is 6.44. The quantitative estimate of drug-likeness (QED) is 0.586. The third-order valence-corrected chi connectivity index (χ3v) is 5.01. The first-order valence-corrected chi connectivity index (χ1v) is 8.26. The molecule has 118 valence electrons. The van der Waals surface area contributed by atoms with Crippen LogP contribution in [-0.4, -0.2) is 20.5 Å². The number of hydrazine groups is 1. The molecular weight excluding hydrogens is 314 g/mol. The summed E-state index contributed by atoms with van der Waals surface area (Å²) in [7, 11) is -2.39. The van der Waals surface area contributed by atoms with Gasteiger partial charge in [-0.05, 0) is 24.3 Å². The van der Waals surface area contributed by atoms with Crippen molar-refractivity contribution in [2.24, 2.45) is 5.84 Å². The normalized spacial score (nSPS) is 11.4. The standard InChI is InChI=1S/C16H15N3O3S/c1-22-13-10-12-6-5-9-18-16(12)15(11-13)19(17)23(20,21)14-7-3-2-4-8-14/h2-11H,17H2,1H3. The average Bonchev–Trinajstić information content (AvgIpc) is 2.60. The van der Waals surface area contributed by atoms with Gasteiger partial charge in [0.15, 0.2) is 0 Å². The second-order valence-electron chi connectivity index (χ2n) is 4.84. The molecular formula is C16H15N3O3S. The number of fused-ring (bicyclic) bond motifs is 1. The number of anilines is 1. The third kappa shape index (κ3) is 2.71. The summed E-state index contributed by atoms with van der Waals surface area (Å²) in [5, 5.41) is 0.737. The van der Waals surface area contributed by atoms with E-state index < -0.39 is 10.0 Å². The average molecular weight is 329 g/mol. The summed E-state index contributed by atoms with van der Waals surface area (Å²) in [4.78, 5) is 4.35. The van der Waals surface area contributed by atoms with E-state index in [0.717, 1.165) is 9.80 Å². The van der Waals surface area contributed by atoms with Crippen molar-refractivity contribution in [2.75, 3.05) is 11.5 Å². The molecule has 2 N–H and O–H groups in total. The molecule has 6 nitrogen and oxygen atoms in total. The van der Waals surface area contributed by atoms with Crippen LogP contribution < -0.4 is 15.0 Å². The van der Waals surface area contributed by atoms with E-state index in [2.05, 4.69) is 4.98 Å². The lowest BCUT2D eigenvalue weighted by Gasteiger charge is -2.20. The minimum Gasteiger partial charge on any atom is -0.497 e. The van der Waals surface area contributed by atoms with Gasteiger partial charge >= 0.3 is 0 Å². The molecule has 0 atom stereocenters. The van der Waals surface area contributed by atoms with Crippen LogP contribution in [0.4, 0.5) is 5.69 Å². The van der Waals surface area contributed by atoms with Crippen LogP contribution in [0.1, 0.15) is 0 Å². The number of methoxy groups -OCH3 is 1. The highest BCUT2D eigenvalue weighted by Gasteiger charge is 2.24. The first-order valence-electron chi connectivity index (χ1n) is 6.82. The Hall–Kier alpha value is -2.64. The van der Waals surface area contributed by atoms with E-state index in [0.29, 0.717) is 11.3 Å². The fourth-order valence-corrected chi connectivity index (χ4v) is 3.39. The SMILES string of the molecule is COc1cc(N(N)S(=O)(=O)c2ccccc2)c2ncccc2c1. The number of benzene rings is 2. The second-order valence-corrected chi connectivity index (χ2v) is 6.65. The monoisotopic (exact) mass is 329 g/mol. The Balaban J connectivity index is 2.20. The fraction of sp³-hybridized carbons (Fsp3) is 0.0625. The molecule has 3 aromatic rings. The maximum Gasteiger partial charge on any atom is 0.277 e. The van der Waals surface area contributed by atoms with Gasteiger partial charge in [-0.3, -0.25) is 4.98 Å². The molecule has 0 unspecified atom stereocenters. The van der Waals surface area contributed by atoms with Gasteiger partial charge in [0.2, 0.25) is 0 Å². The Bertz CT molecular complexity index is 943. The zero-order chi connectivity index (χ0) is 16.4. The number of hydrogen-bond acceptors (Lipinski definition) is 5. The minimum absolute atomic E-state index is 0.106. The van der Waals surface area contributed by atoms with E-state index in [1.165, 1.54) is 19.2 Å². The van der Waals surface area contributed by atoms with Crippen LogP contribution in [0.15, 0.2) is 65.7 Å². The van der Waals surface area contributed by atoms with Crippen molar-refractivity contribution >= 4 is 26.6 Å². The lowest BCUT2D eigenvalue weighted by atomic mass is 10.2. The zero-order valence-electron chi connectivity index (χ0n) is 12.4. The number of nitrogens with zero attached hydrogens (tertiary/aromatic N) is 2. The van der Waals surface area contributed by atoms with Crippen LogP contribution in [0.3, 0.4) is 0 Å². The van der Waals surface area contributed by atoms with E-state index in [4.69, 9.17) is 10.6 Å². The Morgan fingerprint density at radius 1 is 1.09 bits per heavy atom. The molecule has 0 fully saturated rings. The van der Waals surface area contributed by atoms with Crippen molar-refractivity contribution in [1.82, 2.24) is 4.98 Å². The van der Waals surface area contributed by atoms with Gasteiger partial charge in [0.05, 0.1) is 23.2 Å². The van der Waals surface area contributed by atoms with Crippen LogP contribution >= 0.6 is 0 Å². The van der Waals surface area contributed by atoms with Gasteiger partial charge in [0.1, 0.15) is 5.75 Å². The molecule has 0 spiro atoms. The lowest BCUT2D eigenvalue weighted by Crippen LogP contribution is -2.37. The number of hydrogen-bond donors (Lipinski definition) is 1. The maximum absolute atomic E-state index is 12.7. The van der Waals surface area contributed by atoms with Crippen molar-refractivity contribution in [3.8, 4) is 5.75 Å². The van der Waals surface area contributed by atoms with Gasteiger partial charge in [-0.15, -0.1) is 0 Å². The molecule has 0 saturated carbocycles. The minimum atomic E-state index is -3.89. The van der Waals surface area contributed by atoms with Gasteiger partial charge < -0.3 is 4.74 Å². The fourth-order valence-electron chi connectivity index (χ4n) is 2.27. The van der Waals surface area contributed by atoms with Crippen LogP contribution in [0.5, 0.6) is 5.75 Å². The van der Waals surface area contributed by atoms with E-state index >= 15 is 0 Å². The maximum atomic E-state index is 12.7. The van der Waals surface area contributed by atoms with Crippen LogP contribution in [0.25, 0.3) is 10.9 Å². The topological polar surface area (TPSA) is 85.5 Å². The number of ether oxygens (including phenoxy) is 1. The summed E-state index contributed by atoms with van der Waals surface area (Å²) >= 11 is 0. The molecule has 0 bridgehead atoms. The third-order valence-electron chi connectivity index (χ3n) is 3.43. The van der Waals surface area contributed by atoms with Crippen LogP contribution in [0, 0.1) is 0 Å². The smallest absolute Gasteiger partial charge is 0.277 e. The number of sulfonamides is 1. The van der Waals surface area contributed by atoms with Crippen molar-refractivity contribution in [3.05, 3.63) is 60.8 Å². The summed E-state index contributed by atoms with van der Waals surface area (Å²) in [6.07, 6.45) is 1.58. The molecule has 3 rings (SSSR count). The Morgan fingerprint density at radius 3 is 2.52 bits per heavy atom. The highest BCUT2D eigenvalue weighted by Crippen LogP contribution is 2.31. The van der Waals surface area contributed by atoms with Crippen molar-refractivity contribution in [2.45, 2.75) is 4.90 Å². The molecule has 1 heterocycles. The lowest BCUT2D eigenvalue weighted by molar-refractivity contribution is 0.415. The predicted molar refractivity (Wildman–Crippen MR) is 88.6 cm³/mol. The molecule has 0 aliphatic rings. The van der Waals surface area contributed by atoms with E-state index in [1.807, 2.05) is 6.07 Å². The van der Waals surface area contributed by atoms with Crippen molar-refractivity contribution in [3.63, 3.8) is 0 Å². The van der Waals surface area contributed by atoms with Crippen LogP contribution in [-0.2, 0) is 10.0 Å². The van der Waals surface area contributed by atoms with Crippen molar-refractivity contribution in [1.29, 1.82) is 0 Å². The molecule has 2 aromatic carbocycles. The summed E-state index contributed by atoms with van der Waals surface area (Å²) in [6, 6.07) is 14.9. The van der Waals surface area contributed by atoms with Gasteiger partial charge in [-0.1, -0.05) is 24.3 Å².